The third kappa shape index (κ3) is 5.16. The number of carbonyl (C=O) groups is 1. The van der Waals surface area contributed by atoms with E-state index in [1.54, 1.807) is 0 Å². The van der Waals surface area contributed by atoms with E-state index in [-0.39, 0.29) is 30.2 Å². The Morgan fingerprint density at radius 2 is 2.00 bits per heavy atom. The molecule has 0 atom stereocenters. The predicted molar refractivity (Wildman–Crippen MR) is 70.9 cm³/mol. The van der Waals surface area contributed by atoms with Crippen molar-refractivity contribution in [2.24, 2.45) is 5.73 Å². The largest absolute Gasteiger partial charge is 0.350 e. The smallest absolute Gasteiger partial charge is 0.333 e. The molecule has 1 heterocycles. The first-order valence-corrected chi connectivity index (χ1v) is 5.85. The van der Waals surface area contributed by atoms with E-state index in [9.17, 15) is 22.4 Å². The maximum absolute atomic E-state index is 12.9. The average Bonchev–Trinajstić information content (AvgIpc) is 2.65. The number of rotatable bonds is 6. The Kier molecular flexibility index (Phi) is 7.11. The van der Waals surface area contributed by atoms with Gasteiger partial charge in [-0.25, -0.2) is 13.5 Å². The van der Waals surface area contributed by atoms with Crippen molar-refractivity contribution in [3.63, 3.8) is 0 Å². The van der Waals surface area contributed by atoms with Crippen LogP contribution in [0.25, 0.3) is 0 Å². The summed E-state index contributed by atoms with van der Waals surface area (Å²) in [5.74, 6) is -3.88. The molecule has 1 aromatic heterocycles. The van der Waals surface area contributed by atoms with Gasteiger partial charge in [-0.05, 0) is 13.8 Å². The molecule has 0 aromatic carbocycles. The minimum absolute atomic E-state index is 0. The maximum atomic E-state index is 12.9. The average molecular weight is 333 g/mol. The minimum Gasteiger partial charge on any atom is -0.350 e. The molecule has 122 valence electrons. The van der Waals surface area contributed by atoms with Crippen LogP contribution in [0.15, 0.2) is 0 Å². The second-order valence-corrected chi connectivity index (χ2v) is 4.39. The van der Waals surface area contributed by atoms with E-state index in [2.05, 4.69) is 5.10 Å². The molecule has 0 aliphatic carbocycles. The van der Waals surface area contributed by atoms with Crippen LogP contribution in [0.4, 0.5) is 17.6 Å². The third-order valence-corrected chi connectivity index (χ3v) is 2.84. The quantitative estimate of drug-likeness (QED) is 0.777. The Hall–Kier alpha value is -1.35. The van der Waals surface area contributed by atoms with Crippen LogP contribution in [-0.4, -0.2) is 34.7 Å². The second-order valence-electron chi connectivity index (χ2n) is 4.39. The molecular formula is C11H17ClF4N4O. The van der Waals surface area contributed by atoms with Gasteiger partial charge in [0, 0.05) is 11.3 Å². The van der Waals surface area contributed by atoms with Gasteiger partial charge >= 0.3 is 6.55 Å². The Bertz CT molecular complexity index is 493. The van der Waals surface area contributed by atoms with Crippen molar-refractivity contribution in [3.8, 4) is 0 Å². The van der Waals surface area contributed by atoms with Crippen LogP contribution in [-0.2, 0) is 11.2 Å². The number of hydrogen-bond donors (Lipinski definition) is 2. The monoisotopic (exact) mass is 332 g/mol. The van der Waals surface area contributed by atoms with E-state index in [0.717, 1.165) is 0 Å². The van der Waals surface area contributed by atoms with Gasteiger partial charge in [0.15, 0.2) is 0 Å². The fraction of sp³-hybridized carbons (Fsp3) is 0.636. The van der Waals surface area contributed by atoms with Crippen LogP contribution in [0.3, 0.4) is 0 Å². The van der Waals surface area contributed by atoms with Crippen LogP contribution in [0.1, 0.15) is 23.5 Å². The number of aromatic nitrogens is 2. The molecule has 21 heavy (non-hydrogen) atoms. The summed E-state index contributed by atoms with van der Waals surface area (Å²) in [5, 5.41) is 5.63. The predicted octanol–water partition coefficient (Wildman–Crippen LogP) is 1.57. The minimum atomic E-state index is -3.19. The SMILES string of the molecule is Cc1nn(C(F)F)c(C)c1CC(=O)NCC(F)(F)CN.Cl. The molecule has 0 aliphatic heterocycles. The lowest BCUT2D eigenvalue weighted by molar-refractivity contribution is -0.122. The summed E-state index contributed by atoms with van der Waals surface area (Å²) in [6.45, 7) is -1.71. The fourth-order valence-corrected chi connectivity index (χ4v) is 1.67. The normalized spacial score (nSPS) is 11.4. The highest BCUT2D eigenvalue weighted by molar-refractivity contribution is 5.85. The molecule has 0 spiro atoms. The topological polar surface area (TPSA) is 72.9 Å². The Morgan fingerprint density at radius 3 is 2.43 bits per heavy atom. The number of amides is 1. The van der Waals surface area contributed by atoms with Crippen LogP contribution in [0.5, 0.6) is 0 Å². The van der Waals surface area contributed by atoms with Crippen molar-refractivity contribution in [1.29, 1.82) is 0 Å². The highest BCUT2D eigenvalue weighted by Crippen LogP contribution is 2.19. The summed E-state index contributed by atoms with van der Waals surface area (Å²) >= 11 is 0. The van der Waals surface area contributed by atoms with Gasteiger partial charge in [-0.3, -0.25) is 4.79 Å². The molecule has 3 N–H and O–H groups in total. The fourth-order valence-electron chi connectivity index (χ4n) is 1.67. The summed E-state index contributed by atoms with van der Waals surface area (Å²) in [6.07, 6.45) is -0.287. The summed E-state index contributed by atoms with van der Waals surface area (Å²) < 4.78 is 51.4. The van der Waals surface area contributed by atoms with Crippen LogP contribution >= 0.6 is 12.4 Å². The Labute approximate surface area is 125 Å². The number of alkyl halides is 4. The van der Waals surface area contributed by atoms with Crippen molar-refractivity contribution in [3.05, 3.63) is 17.0 Å². The number of nitrogens with one attached hydrogen (secondary N) is 1. The van der Waals surface area contributed by atoms with Gasteiger partial charge < -0.3 is 11.1 Å². The number of hydrogen-bond acceptors (Lipinski definition) is 3. The van der Waals surface area contributed by atoms with E-state index in [4.69, 9.17) is 5.73 Å². The van der Waals surface area contributed by atoms with Crippen molar-refractivity contribution in [1.82, 2.24) is 15.1 Å². The lowest BCUT2D eigenvalue weighted by Crippen LogP contribution is -2.42. The zero-order valence-electron chi connectivity index (χ0n) is 11.5. The van der Waals surface area contributed by atoms with Crippen molar-refractivity contribution in [2.45, 2.75) is 32.7 Å². The molecule has 0 fully saturated rings. The van der Waals surface area contributed by atoms with Gasteiger partial charge in [0.2, 0.25) is 5.91 Å². The van der Waals surface area contributed by atoms with E-state index in [1.165, 1.54) is 13.8 Å². The zero-order valence-corrected chi connectivity index (χ0v) is 12.3. The second kappa shape index (κ2) is 7.60. The standard InChI is InChI=1S/C11H16F4N4O.ClH/c1-6-8(7(2)19(18-6)10(12)13)3-9(20)17-5-11(14,15)4-16;/h10H,3-5,16H2,1-2H3,(H,17,20);1H. The van der Waals surface area contributed by atoms with Gasteiger partial charge in [0.05, 0.1) is 25.2 Å². The van der Waals surface area contributed by atoms with E-state index in [0.29, 0.717) is 10.2 Å². The molecule has 10 heteroatoms. The highest BCUT2D eigenvalue weighted by atomic mass is 35.5. The number of nitrogens with two attached hydrogens (primary N) is 1. The first-order valence-electron chi connectivity index (χ1n) is 5.85. The van der Waals surface area contributed by atoms with Gasteiger partial charge in [-0.2, -0.15) is 13.9 Å². The zero-order chi connectivity index (χ0) is 15.5. The number of aryl methyl sites for hydroxylation is 1. The first kappa shape index (κ1) is 19.7. The number of nitrogens with zero attached hydrogens (tertiary/aromatic N) is 2. The molecule has 0 saturated heterocycles. The number of halogens is 5. The van der Waals surface area contributed by atoms with E-state index < -0.39 is 31.5 Å². The van der Waals surface area contributed by atoms with Crippen LogP contribution < -0.4 is 11.1 Å². The molecule has 1 rings (SSSR count). The summed E-state index contributed by atoms with van der Waals surface area (Å²) in [6, 6.07) is 0. The summed E-state index contributed by atoms with van der Waals surface area (Å²) in [5.41, 5.74) is 5.54. The van der Waals surface area contributed by atoms with Crippen molar-refractivity contribution >= 4 is 18.3 Å². The molecule has 1 amide bonds. The lowest BCUT2D eigenvalue weighted by Gasteiger charge is -2.14. The molecule has 0 radical (unpaired) electrons. The molecule has 0 aliphatic rings. The van der Waals surface area contributed by atoms with E-state index in [1.807, 2.05) is 5.32 Å². The maximum Gasteiger partial charge on any atom is 0.333 e. The lowest BCUT2D eigenvalue weighted by atomic mass is 10.1. The molecule has 0 bridgehead atoms. The molecule has 5 nitrogen and oxygen atoms in total. The summed E-state index contributed by atoms with van der Waals surface area (Å²) in [4.78, 5) is 11.5. The van der Waals surface area contributed by atoms with Crippen LogP contribution in [0, 0.1) is 13.8 Å². The highest BCUT2D eigenvalue weighted by Gasteiger charge is 2.27. The van der Waals surface area contributed by atoms with Gasteiger partial charge in [0.1, 0.15) is 0 Å². The molecular weight excluding hydrogens is 316 g/mol. The van der Waals surface area contributed by atoms with Crippen molar-refractivity contribution in [2.75, 3.05) is 13.1 Å². The van der Waals surface area contributed by atoms with Crippen molar-refractivity contribution < 1.29 is 22.4 Å². The molecule has 0 saturated carbocycles. The van der Waals surface area contributed by atoms with Gasteiger partial charge in [0.25, 0.3) is 5.92 Å². The first-order chi connectivity index (χ1) is 9.18. The Morgan fingerprint density at radius 1 is 1.43 bits per heavy atom. The molecule has 1 aromatic rings. The summed E-state index contributed by atoms with van der Waals surface area (Å²) in [7, 11) is 0. The number of carbonyl (C=O) groups excluding carboxylic acids is 1. The third-order valence-electron chi connectivity index (χ3n) is 2.84. The van der Waals surface area contributed by atoms with Crippen LogP contribution in [0.2, 0.25) is 0 Å². The molecule has 0 unspecified atom stereocenters. The van der Waals surface area contributed by atoms with Gasteiger partial charge in [-0.1, -0.05) is 0 Å². The van der Waals surface area contributed by atoms with Gasteiger partial charge in [-0.15, -0.1) is 12.4 Å². The Balaban J connectivity index is 0.00000400. The van der Waals surface area contributed by atoms with E-state index >= 15 is 0 Å².